The second-order valence-electron chi connectivity index (χ2n) is 4.64. The fourth-order valence-electron chi connectivity index (χ4n) is 1.92. The van der Waals surface area contributed by atoms with E-state index in [0.29, 0.717) is 10.7 Å². The van der Waals surface area contributed by atoms with Crippen molar-refractivity contribution in [3.63, 3.8) is 0 Å². The monoisotopic (exact) mass is 280 g/mol. The van der Waals surface area contributed by atoms with Gasteiger partial charge in [-0.3, -0.25) is 0 Å². The molecule has 102 valence electrons. The number of sulfone groups is 1. The number of aryl methyl sites for hydroxylation is 3. The quantitative estimate of drug-likeness (QED) is 0.863. The highest BCUT2D eigenvalue weighted by Crippen LogP contribution is 2.29. The van der Waals surface area contributed by atoms with Crippen molar-refractivity contribution in [1.82, 2.24) is 10.1 Å². The van der Waals surface area contributed by atoms with Gasteiger partial charge >= 0.3 is 0 Å². The molecule has 0 unspecified atom stereocenters. The largest absolute Gasteiger partial charge is 0.338 e. The van der Waals surface area contributed by atoms with E-state index in [1.54, 1.807) is 32.9 Å². The van der Waals surface area contributed by atoms with Crippen LogP contribution in [-0.4, -0.2) is 18.6 Å². The third-order valence-corrected chi connectivity index (χ3v) is 5.20. The summed E-state index contributed by atoms with van der Waals surface area (Å²) in [4.78, 5) is 4.30. The Kier molecular flexibility index (Phi) is 3.45. The number of rotatable bonds is 3. The predicted molar refractivity (Wildman–Crippen MR) is 70.6 cm³/mol. The SMILES string of the molecule is Cc1ccc(S(=O)(=O)[C@H](C)c2nc(C)no2)c(C)c1. The zero-order valence-corrected chi connectivity index (χ0v) is 12.2. The van der Waals surface area contributed by atoms with Gasteiger partial charge in [0.05, 0.1) is 4.90 Å². The molecule has 0 aliphatic heterocycles. The van der Waals surface area contributed by atoms with Crippen LogP contribution in [0, 0.1) is 20.8 Å². The highest BCUT2D eigenvalue weighted by Gasteiger charge is 2.30. The minimum atomic E-state index is -3.52. The first-order valence-electron chi connectivity index (χ1n) is 5.93. The van der Waals surface area contributed by atoms with E-state index < -0.39 is 15.1 Å². The zero-order chi connectivity index (χ0) is 14.2. The summed E-state index contributed by atoms with van der Waals surface area (Å²) in [5, 5.41) is 2.78. The molecule has 0 aliphatic carbocycles. The Balaban J connectivity index is 2.47. The molecule has 0 saturated carbocycles. The summed E-state index contributed by atoms with van der Waals surface area (Å²) in [5.41, 5.74) is 1.75. The summed E-state index contributed by atoms with van der Waals surface area (Å²) in [6.07, 6.45) is 0. The van der Waals surface area contributed by atoms with Crippen LogP contribution in [0.15, 0.2) is 27.6 Å². The summed E-state index contributed by atoms with van der Waals surface area (Å²) in [5.74, 6) is 0.551. The van der Waals surface area contributed by atoms with Gasteiger partial charge in [-0.1, -0.05) is 22.9 Å². The molecule has 1 aromatic carbocycles. The molecule has 0 amide bonds. The van der Waals surface area contributed by atoms with Gasteiger partial charge in [0.2, 0.25) is 5.89 Å². The molecule has 0 aliphatic rings. The Morgan fingerprint density at radius 1 is 1.21 bits per heavy atom. The van der Waals surface area contributed by atoms with Crippen LogP contribution in [0.4, 0.5) is 0 Å². The molecular weight excluding hydrogens is 264 g/mol. The number of hydrogen-bond acceptors (Lipinski definition) is 5. The lowest BCUT2D eigenvalue weighted by Crippen LogP contribution is -2.12. The minimum Gasteiger partial charge on any atom is -0.338 e. The van der Waals surface area contributed by atoms with E-state index in [-0.39, 0.29) is 5.89 Å². The maximum atomic E-state index is 12.5. The van der Waals surface area contributed by atoms with Crippen molar-refractivity contribution in [3.05, 3.63) is 41.0 Å². The minimum absolute atomic E-state index is 0.123. The summed E-state index contributed by atoms with van der Waals surface area (Å²) < 4.78 is 30.0. The van der Waals surface area contributed by atoms with Crippen LogP contribution in [-0.2, 0) is 9.84 Å². The highest BCUT2D eigenvalue weighted by molar-refractivity contribution is 7.91. The van der Waals surface area contributed by atoms with E-state index in [4.69, 9.17) is 4.52 Å². The van der Waals surface area contributed by atoms with E-state index >= 15 is 0 Å². The van der Waals surface area contributed by atoms with E-state index in [2.05, 4.69) is 10.1 Å². The van der Waals surface area contributed by atoms with E-state index in [1.807, 2.05) is 13.0 Å². The number of aromatic nitrogens is 2. The number of hydrogen-bond donors (Lipinski definition) is 0. The van der Waals surface area contributed by atoms with Gasteiger partial charge in [-0.15, -0.1) is 0 Å². The molecule has 6 heteroatoms. The van der Waals surface area contributed by atoms with Crippen molar-refractivity contribution in [2.75, 3.05) is 0 Å². The van der Waals surface area contributed by atoms with Crippen molar-refractivity contribution in [1.29, 1.82) is 0 Å². The first-order valence-corrected chi connectivity index (χ1v) is 7.48. The molecule has 0 bridgehead atoms. The number of nitrogens with zero attached hydrogens (tertiary/aromatic N) is 2. The van der Waals surface area contributed by atoms with Gasteiger partial charge in [0.15, 0.2) is 15.7 Å². The average Bonchev–Trinajstić information content (AvgIpc) is 2.74. The van der Waals surface area contributed by atoms with Crippen molar-refractivity contribution in [2.24, 2.45) is 0 Å². The number of benzene rings is 1. The van der Waals surface area contributed by atoms with Crippen molar-refractivity contribution in [2.45, 2.75) is 37.8 Å². The second-order valence-corrected chi connectivity index (χ2v) is 6.87. The van der Waals surface area contributed by atoms with Crippen LogP contribution in [0.3, 0.4) is 0 Å². The first-order chi connectivity index (χ1) is 8.82. The molecule has 5 nitrogen and oxygen atoms in total. The third-order valence-electron chi connectivity index (χ3n) is 2.99. The summed E-state index contributed by atoms with van der Waals surface area (Å²) in [7, 11) is -3.52. The van der Waals surface area contributed by atoms with E-state index in [1.165, 1.54) is 0 Å². The molecule has 1 atom stereocenters. The molecule has 0 fully saturated rings. The van der Waals surface area contributed by atoms with Gasteiger partial charge in [0.25, 0.3) is 0 Å². The van der Waals surface area contributed by atoms with Gasteiger partial charge in [-0.05, 0) is 39.3 Å². The van der Waals surface area contributed by atoms with Gasteiger partial charge in [-0.2, -0.15) is 4.98 Å². The second kappa shape index (κ2) is 4.77. The summed E-state index contributed by atoms with van der Waals surface area (Å²) in [6.45, 7) is 6.92. The Morgan fingerprint density at radius 3 is 2.42 bits per heavy atom. The van der Waals surface area contributed by atoms with Gasteiger partial charge in [0, 0.05) is 0 Å². The Hall–Kier alpha value is -1.69. The molecule has 0 N–H and O–H groups in total. The van der Waals surface area contributed by atoms with Crippen molar-refractivity contribution in [3.8, 4) is 0 Å². The van der Waals surface area contributed by atoms with E-state index in [0.717, 1.165) is 11.1 Å². The molecule has 0 saturated heterocycles. The molecule has 19 heavy (non-hydrogen) atoms. The fraction of sp³-hybridized carbons (Fsp3) is 0.385. The van der Waals surface area contributed by atoms with Crippen molar-refractivity contribution >= 4 is 9.84 Å². The van der Waals surface area contributed by atoms with E-state index in [9.17, 15) is 8.42 Å². The maximum absolute atomic E-state index is 12.5. The van der Waals surface area contributed by atoms with Gasteiger partial charge < -0.3 is 4.52 Å². The summed E-state index contributed by atoms with van der Waals surface area (Å²) in [6, 6.07) is 5.25. The zero-order valence-electron chi connectivity index (χ0n) is 11.3. The smallest absolute Gasteiger partial charge is 0.245 e. The molecule has 2 rings (SSSR count). The molecular formula is C13H16N2O3S. The normalized spacial score (nSPS) is 13.5. The maximum Gasteiger partial charge on any atom is 0.245 e. The van der Waals surface area contributed by atoms with Gasteiger partial charge in [-0.25, -0.2) is 8.42 Å². The Morgan fingerprint density at radius 2 is 1.89 bits per heavy atom. The first kappa shape index (κ1) is 13.7. The van der Waals surface area contributed by atoms with Crippen LogP contribution in [0.1, 0.15) is 35.0 Å². The lowest BCUT2D eigenvalue weighted by Gasteiger charge is -2.12. The Bertz CT molecular complexity index is 704. The predicted octanol–water partition coefficient (Wildman–Crippen LogP) is 2.53. The lowest BCUT2D eigenvalue weighted by atomic mass is 10.2. The van der Waals surface area contributed by atoms with Gasteiger partial charge in [0.1, 0.15) is 5.25 Å². The van der Waals surface area contributed by atoms with Crippen molar-refractivity contribution < 1.29 is 12.9 Å². The summed E-state index contributed by atoms with van der Waals surface area (Å²) >= 11 is 0. The van der Waals surface area contributed by atoms with Crippen LogP contribution >= 0.6 is 0 Å². The molecule has 1 aromatic heterocycles. The molecule has 0 spiro atoms. The lowest BCUT2D eigenvalue weighted by molar-refractivity contribution is 0.373. The molecule has 0 radical (unpaired) electrons. The van der Waals surface area contributed by atoms with Crippen LogP contribution in [0.25, 0.3) is 0 Å². The Labute approximate surface area is 112 Å². The van der Waals surface area contributed by atoms with Crippen LogP contribution < -0.4 is 0 Å². The fourth-order valence-corrected chi connectivity index (χ4v) is 3.43. The molecule has 2 aromatic rings. The third kappa shape index (κ3) is 2.53. The molecule has 1 heterocycles. The highest BCUT2D eigenvalue weighted by atomic mass is 32.2. The topological polar surface area (TPSA) is 73.1 Å². The average molecular weight is 280 g/mol. The standard InChI is InChI=1S/C13H16N2O3S/c1-8-5-6-12(9(2)7-8)19(16,17)10(3)13-14-11(4)15-18-13/h5-7,10H,1-4H3/t10-/m1/s1. The van der Waals surface area contributed by atoms with Crippen LogP contribution in [0.5, 0.6) is 0 Å². The van der Waals surface area contributed by atoms with Crippen LogP contribution in [0.2, 0.25) is 0 Å².